The lowest BCUT2D eigenvalue weighted by Crippen LogP contribution is -1.93. The Bertz CT molecular complexity index is 555. The Kier molecular flexibility index (Phi) is 3.54. The molecule has 17 heavy (non-hydrogen) atoms. The minimum absolute atomic E-state index is 0.312. The first-order valence-corrected chi connectivity index (χ1v) is 5.84. The van der Waals surface area contributed by atoms with Gasteiger partial charge in [-0.25, -0.2) is 4.98 Å². The lowest BCUT2D eigenvalue weighted by molar-refractivity contribution is 0.112. The van der Waals surface area contributed by atoms with Gasteiger partial charge in [0.1, 0.15) is 5.75 Å². The molecule has 0 unspecified atom stereocenters. The third kappa shape index (κ3) is 2.71. The fourth-order valence-corrected chi connectivity index (χ4v) is 1.95. The van der Waals surface area contributed by atoms with E-state index in [4.69, 9.17) is 4.74 Å². The second-order valence-corrected chi connectivity index (χ2v) is 4.41. The first kappa shape index (κ1) is 11.8. The third-order valence-corrected chi connectivity index (χ3v) is 2.84. The van der Waals surface area contributed by atoms with Gasteiger partial charge in [-0.15, -0.1) is 0 Å². The van der Waals surface area contributed by atoms with Gasteiger partial charge in [0.2, 0.25) is 5.88 Å². The summed E-state index contributed by atoms with van der Waals surface area (Å²) < 4.78 is 6.43. The molecule has 0 saturated carbocycles. The number of aldehydes is 1. The van der Waals surface area contributed by atoms with E-state index in [0.29, 0.717) is 17.2 Å². The fraction of sp³-hybridized carbons (Fsp3) is 0.0769. The average molecular weight is 292 g/mol. The van der Waals surface area contributed by atoms with Crippen molar-refractivity contribution in [3.05, 3.63) is 52.1 Å². The van der Waals surface area contributed by atoms with Gasteiger partial charge < -0.3 is 4.74 Å². The Morgan fingerprint density at radius 3 is 2.88 bits per heavy atom. The van der Waals surface area contributed by atoms with Crippen LogP contribution in [-0.2, 0) is 0 Å². The quantitative estimate of drug-likeness (QED) is 0.809. The Morgan fingerprint density at radius 2 is 2.18 bits per heavy atom. The normalized spacial score (nSPS) is 10.0. The largest absolute Gasteiger partial charge is 0.437 e. The molecule has 0 amide bonds. The van der Waals surface area contributed by atoms with Gasteiger partial charge in [0.05, 0.1) is 10.0 Å². The predicted octanol–water partition coefficient (Wildman–Crippen LogP) is 3.76. The number of pyridine rings is 1. The number of nitrogens with zero attached hydrogens (tertiary/aromatic N) is 1. The Morgan fingerprint density at radius 1 is 1.35 bits per heavy atom. The van der Waals surface area contributed by atoms with Gasteiger partial charge in [0.15, 0.2) is 6.29 Å². The van der Waals surface area contributed by atoms with Crippen LogP contribution >= 0.6 is 15.9 Å². The van der Waals surface area contributed by atoms with E-state index in [0.717, 1.165) is 16.3 Å². The number of hydrogen-bond donors (Lipinski definition) is 0. The van der Waals surface area contributed by atoms with Crippen LogP contribution in [0.5, 0.6) is 11.6 Å². The van der Waals surface area contributed by atoms with Crippen molar-refractivity contribution < 1.29 is 9.53 Å². The van der Waals surface area contributed by atoms with Crippen molar-refractivity contribution in [3.63, 3.8) is 0 Å². The highest BCUT2D eigenvalue weighted by molar-refractivity contribution is 9.10. The van der Waals surface area contributed by atoms with Crippen molar-refractivity contribution in [3.8, 4) is 11.6 Å². The molecule has 2 rings (SSSR count). The Labute approximate surface area is 108 Å². The number of carbonyl (C=O) groups is 1. The summed E-state index contributed by atoms with van der Waals surface area (Å²) in [6.07, 6.45) is 2.31. The van der Waals surface area contributed by atoms with E-state index in [1.165, 1.54) is 0 Å². The lowest BCUT2D eigenvalue weighted by Gasteiger charge is -2.08. The number of ether oxygens (including phenoxy) is 1. The van der Waals surface area contributed by atoms with Gasteiger partial charge in [-0.05, 0) is 52.7 Å². The molecule has 1 aromatic carbocycles. The molecule has 4 heteroatoms. The molecule has 1 heterocycles. The summed E-state index contributed by atoms with van der Waals surface area (Å²) in [5, 5.41) is 0. The molecule has 0 N–H and O–H groups in total. The van der Waals surface area contributed by atoms with Gasteiger partial charge >= 0.3 is 0 Å². The van der Waals surface area contributed by atoms with Crippen LogP contribution in [0.2, 0.25) is 0 Å². The Hall–Kier alpha value is -1.68. The number of rotatable bonds is 3. The van der Waals surface area contributed by atoms with E-state index >= 15 is 0 Å². The second kappa shape index (κ2) is 5.10. The summed E-state index contributed by atoms with van der Waals surface area (Å²) in [7, 11) is 0. The van der Waals surface area contributed by atoms with Crippen molar-refractivity contribution in [2.45, 2.75) is 6.92 Å². The predicted molar refractivity (Wildman–Crippen MR) is 68.6 cm³/mol. The zero-order valence-corrected chi connectivity index (χ0v) is 10.8. The van der Waals surface area contributed by atoms with E-state index in [-0.39, 0.29) is 0 Å². The highest BCUT2D eigenvalue weighted by Crippen LogP contribution is 2.30. The van der Waals surface area contributed by atoms with Gasteiger partial charge in [-0.2, -0.15) is 0 Å². The minimum Gasteiger partial charge on any atom is -0.437 e. The molecule has 0 aliphatic rings. The van der Waals surface area contributed by atoms with Crippen LogP contribution in [0.3, 0.4) is 0 Å². The fourth-order valence-electron chi connectivity index (χ4n) is 1.37. The third-order valence-electron chi connectivity index (χ3n) is 2.22. The van der Waals surface area contributed by atoms with Crippen molar-refractivity contribution in [2.75, 3.05) is 0 Å². The lowest BCUT2D eigenvalue weighted by atomic mass is 10.2. The first-order valence-electron chi connectivity index (χ1n) is 5.05. The highest BCUT2D eigenvalue weighted by Gasteiger charge is 2.07. The summed E-state index contributed by atoms with van der Waals surface area (Å²) in [5.74, 6) is 0.949. The summed E-state index contributed by atoms with van der Waals surface area (Å²) in [5.41, 5.74) is 1.56. The van der Waals surface area contributed by atoms with Crippen molar-refractivity contribution in [2.24, 2.45) is 0 Å². The van der Waals surface area contributed by atoms with E-state index in [1.807, 2.05) is 25.1 Å². The number of hydrogen-bond acceptors (Lipinski definition) is 3. The molecule has 0 fully saturated rings. The Balaban J connectivity index is 2.34. The van der Waals surface area contributed by atoms with Gasteiger partial charge in [-0.3, -0.25) is 4.79 Å². The molecule has 86 valence electrons. The van der Waals surface area contributed by atoms with Crippen LogP contribution in [0.4, 0.5) is 0 Å². The maximum absolute atomic E-state index is 10.8. The molecule has 0 bridgehead atoms. The van der Waals surface area contributed by atoms with E-state index < -0.39 is 0 Å². The molecule has 0 spiro atoms. The highest BCUT2D eigenvalue weighted by atomic mass is 79.9. The maximum atomic E-state index is 10.8. The van der Waals surface area contributed by atoms with Crippen LogP contribution in [0.25, 0.3) is 0 Å². The SMILES string of the molecule is Cc1ccc(Oc2ncccc2C=O)c(Br)c1. The molecule has 0 saturated heterocycles. The van der Waals surface area contributed by atoms with Crippen molar-refractivity contribution in [1.82, 2.24) is 4.98 Å². The molecule has 3 nitrogen and oxygen atoms in total. The maximum Gasteiger partial charge on any atom is 0.229 e. The summed E-state index contributed by atoms with van der Waals surface area (Å²) in [4.78, 5) is 14.9. The van der Waals surface area contributed by atoms with E-state index in [1.54, 1.807) is 18.3 Å². The van der Waals surface area contributed by atoms with E-state index in [2.05, 4.69) is 20.9 Å². The number of carbonyl (C=O) groups excluding carboxylic acids is 1. The zero-order chi connectivity index (χ0) is 12.3. The smallest absolute Gasteiger partial charge is 0.229 e. The minimum atomic E-state index is 0.312. The number of aryl methyl sites for hydroxylation is 1. The topological polar surface area (TPSA) is 39.2 Å². The molecule has 1 aromatic heterocycles. The average Bonchev–Trinajstić information content (AvgIpc) is 2.33. The summed E-state index contributed by atoms with van der Waals surface area (Å²) in [6.45, 7) is 1.99. The molecule has 0 aliphatic carbocycles. The van der Waals surface area contributed by atoms with Gasteiger partial charge in [0, 0.05) is 6.20 Å². The van der Waals surface area contributed by atoms with E-state index in [9.17, 15) is 4.79 Å². The molecule has 0 aliphatic heterocycles. The number of aromatic nitrogens is 1. The van der Waals surface area contributed by atoms with Crippen molar-refractivity contribution >= 4 is 22.2 Å². The van der Waals surface area contributed by atoms with Crippen LogP contribution < -0.4 is 4.74 Å². The monoisotopic (exact) mass is 291 g/mol. The second-order valence-electron chi connectivity index (χ2n) is 3.55. The van der Waals surface area contributed by atoms with Crippen LogP contribution in [0.1, 0.15) is 15.9 Å². The first-order chi connectivity index (χ1) is 8.20. The van der Waals surface area contributed by atoms with Crippen molar-refractivity contribution in [1.29, 1.82) is 0 Å². The number of benzene rings is 1. The molecule has 0 radical (unpaired) electrons. The van der Waals surface area contributed by atoms with Gasteiger partial charge in [0.25, 0.3) is 0 Å². The van der Waals surface area contributed by atoms with Crippen LogP contribution in [0, 0.1) is 6.92 Å². The van der Waals surface area contributed by atoms with Crippen LogP contribution in [-0.4, -0.2) is 11.3 Å². The molecule has 2 aromatic rings. The summed E-state index contributed by atoms with van der Waals surface area (Å²) >= 11 is 3.41. The molecular weight excluding hydrogens is 282 g/mol. The van der Waals surface area contributed by atoms with Crippen LogP contribution in [0.15, 0.2) is 41.0 Å². The molecule has 0 atom stereocenters. The standard InChI is InChI=1S/C13H10BrNO2/c1-9-4-5-12(11(14)7-9)17-13-10(8-16)3-2-6-15-13/h2-8H,1H3. The zero-order valence-electron chi connectivity index (χ0n) is 9.18. The number of halogens is 1. The molecular formula is C13H10BrNO2. The van der Waals surface area contributed by atoms with Gasteiger partial charge in [-0.1, -0.05) is 6.07 Å². The summed E-state index contributed by atoms with van der Waals surface area (Å²) in [6, 6.07) is 9.07.